The maximum atomic E-state index is 9.12. The molecule has 1 radical (unpaired) electrons. The first-order chi connectivity index (χ1) is 18.1. The summed E-state index contributed by atoms with van der Waals surface area (Å²) in [5.74, 6) is 0. The minimum atomic E-state index is -3.96. The molecule has 0 atom stereocenters. The van der Waals surface area contributed by atoms with Gasteiger partial charge in [0.25, 0.3) is 0 Å². The van der Waals surface area contributed by atoms with Gasteiger partial charge in [-0.3, -0.25) is 0 Å². The Hall–Kier alpha value is -2.81. The summed E-state index contributed by atoms with van der Waals surface area (Å²) in [7, 11) is -6.57. The highest BCUT2D eigenvalue weighted by Gasteiger charge is 2.26. The minimum absolute atomic E-state index is 0.0352. The zero-order valence-corrected chi connectivity index (χ0v) is 23.9. The van der Waals surface area contributed by atoms with Crippen LogP contribution in [0.1, 0.15) is 46.2 Å². The van der Waals surface area contributed by atoms with Gasteiger partial charge in [-0.05, 0) is 47.2 Å². The summed E-state index contributed by atoms with van der Waals surface area (Å²) in [4.78, 5) is 45.0. The van der Waals surface area contributed by atoms with E-state index in [4.69, 9.17) is 28.4 Å². The molecule has 2 aromatic heterocycles. The Morgan fingerprint density at radius 1 is 0.737 bits per heavy atom. The highest BCUT2D eigenvalue weighted by atomic mass is 28.4. The molecule has 0 aliphatic heterocycles. The van der Waals surface area contributed by atoms with E-state index in [9.17, 15) is 0 Å². The molecule has 0 saturated carbocycles. The van der Waals surface area contributed by atoms with Gasteiger partial charge in [0, 0.05) is 49.8 Å². The zero-order chi connectivity index (χ0) is 27.5. The van der Waals surface area contributed by atoms with E-state index >= 15 is 0 Å². The van der Waals surface area contributed by atoms with E-state index in [1.54, 1.807) is 0 Å². The van der Waals surface area contributed by atoms with Crippen LogP contribution < -0.4 is 9.13 Å². The normalized spacial score (nSPS) is 12.3. The van der Waals surface area contributed by atoms with Gasteiger partial charge in [0.15, 0.2) is 31.3 Å². The fourth-order valence-electron chi connectivity index (χ4n) is 3.96. The molecule has 0 saturated heterocycles. The number of nitrogens with zero attached hydrogens (tertiary/aromatic N) is 2. The SMILES string of the molecule is Cc1cc(C=Cc2cc[n+](CCC[Si](O)(O)O)cc2)c(C)cc1C=Cc1cc[n+](CCCO[Si](O)O)cc1. The number of hydrogen-bond acceptors (Lipinski definition) is 6. The van der Waals surface area contributed by atoms with Gasteiger partial charge in [0.05, 0.1) is 0 Å². The van der Waals surface area contributed by atoms with E-state index in [-0.39, 0.29) is 6.04 Å². The topological polar surface area (TPSA) is 118 Å². The van der Waals surface area contributed by atoms with E-state index in [0.29, 0.717) is 26.0 Å². The Morgan fingerprint density at radius 2 is 1.18 bits per heavy atom. The molecule has 0 aliphatic rings. The van der Waals surface area contributed by atoms with Crippen LogP contribution in [-0.2, 0) is 17.5 Å². The Bertz CT molecular complexity index is 1220. The molecular formula is C28H37N2O6Si2+2. The highest BCUT2D eigenvalue weighted by molar-refractivity contribution is 6.56. The lowest BCUT2D eigenvalue weighted by molar-refractivity contribution is -0.697. The molecule has 8 nitrogen and oxygen atoms in total. The fraction of sp³-hybridized carbons (Fsp3) is 0.286. The zero-order valence-electron chi connectivity index (χ0n) is 21.9. The average molecular weight is 554 g/mol. The number of rotatable bonds is 13. The van der Waals surface area contributed by atoms with E-state index < -0.39 is 18.3 Å². The smallest absolute Gasteiger partial charge is 0.390 e. The van der Waals surface area contributed by atoms with Crippen molar-refractivity contribution in [1.29, 1.82) is 0 Å². The van der Waals surface area contributed by atoms with Crippen LogP contribution in [0.2, 0.25) is 6.04 Å². The molecule has 3 rings (SSSR count). The van der Waals surface area contributed by atoms with E-state index in [1.165, 1.54) is 16.7 Å². The number of pyridine rings is 2. The molecule has 201 valence electrons. The molecule has 0 aliphatic carbocycles. The third-order valence-electron chi connectivity index (χ3n) is 6.12. The first kappa shape index (κ1) is 29.7. The number of aromatic nitrogens is 2. The molecule has 0 unspecified atom stereocenters. The van der Waals surface area contributed by atoms with Crippen molar-refractivity contribution < 1.29 is 37.5 Å². The van der Waals surface area contributed by atoms with Gasteiger partial charge in [-0.25, -0.2) is 9.13 Å². The van der Waals surface area contributed by atoms with Crippen LogP contribution in [-0.4, -0.2) is 48.9 Å². The maximum Gasteiger partial charge on any atom is 0.571 e. The second-order valence-corrected chi connectivity index (χ2v) is 12.2. The summed E-state index contributed by atoms with van der Waals surface area (Å²) in [6.45, 7) is 5.91. The van der Waals surface area contributed by atoms with Gasteiger partial charge in [-0.15, -0.1) is 0 Å². The molecule has 3 aromatic rings. The van der Waals surface area contributed by atoms with Crippen LogP contribution in [0.15, 0.2) is 61.2 Å². The van der Waals surface area contributed by atoms with Gasteiger partial charge in [-0.2, -0.15) is 0 Å². The molecule has 2 heterocycles. The maximum absolute atomic E-state index is 9.12. The van der Waals surface area contributed by atoms with E-state index in [2.05, 4.69) is 50.3 Å². The summed E-state index contributed by atoms with van der Waals surface area (Å²) in [6.07, 6.45) is 17.5. The Morgan fingerprint density at radius 3 is 1.61 bits per heavy atom. The van der Waals surface area contributed by atoms with Crippen molar-refractivity contribution in [2.45, 2.75) is 45.8 Å². The van der Waals surface area contributed by atoms with Gasteiger partial charge < -0.3 is 28.4 Å². The van der Waals surface area contributed by atoms with Crippen molar-refractivity contribution in [2.24, 2.45) is 0 Å². The van der Waals surface area contributed by atoms with Crippen LogP contribution in [0.25, 0.3) is 24.3 Å². The number of hydrogen-bond donors (Lipinski definition) is 5. The van der Waals surface area contributed by atoms with E-state index in [0.717, 1.165) is 23.2 Å². The molecule has 0 bridgehead atoms. The summed E-state index contributed by atoms with van der Waals surface area (Å²) in [5, 5.41) is 0. The van der Waals surface area contributed by atoms with Crippen LogP contribution in [0.5, 0.6) is 0 Å². The Kier molecular flexibility index (Phi) is 11.3. The molecule has 10 heteroatoms. The van der Waals surface area contributed by atoms with E-state index in [1.807, 2.05) is 58.2 Å². The Balaban J connectivity index is 1.57. The van der Waals surface area contributed by atoms with Crippen molar-refractivity contribution in [2.75, 3.05) is 6.61 Å². The molecule has 0 fully saturated rings. The molecular weight excluding hydrogens is 516 g/mol. The quantitative estimate of drug-likeness (QED) is 0.125. The average Bonchev–Trinajstić information content (AvgIpc) is 2.86. The van der Waals surface area contributed by atoms with Crippen molar-refractivity contribution in [3.8, 4) is 0 Å². The summed E-state index contributed by atoms with van der Waals surface area (Å²) in [5.41, 5.74) is 6.87. The monoisotopic (exact) mass is 553 g/mol. The van der Waals surface area contributed by atoms with Crippen LogP contribution in [0.4, 0.5) is 0 Å². The second kappa shape index (κ2) is 14.4. The highest BCUT2D eigenvalue weighted by Crippen LogP contribution is 2.20. The predicted octanol–water partition coefficient (Wildman–Crippen LogP) is 1.90. The van der Waals surface area contributed by atoms with Gasteiger partial charge in [0.2, 0.25) is 0 Å². The minimum Gasteiger partial charge on any atom is -0.390 e. The largest absolute Gasteiger partial charge is 0.571 e. The lowest BCUT2D eigenvalue weighted by atomic mass is 9.98. The summed E-state index contributed by atoms with van der Waals surface area (Å²) < 4.78 is 8.83. The van der Waals surface area contributed by atoms with Gasteiger partial charge in [-0.1, -0.05) is 36.4 Å². The van der Waals surface area contributed by atoms with Crippen molar-refractivity contribution in [1.82, 2.24) is 0 Å². The van der Waals surface area contributed by atoms with Crippen LogP contribution >= 0.6 is 0 Å². The first-order valence-corrected chi connectivity index (χ1v) is 15.9. The standard InChI is InChI=1S/C28H37N2O6Si2/c1-23-22-28(8-6-26-11-17-30(18-12-26)14-4-20-38(33,34)35)24(2)21-27(23)7-5-25-9-15-29(16-10-25)13-3-19-36-37(31)32/h5-12,15-18,21-22,31-35H,3-4,13-14,19-20H2,1-2H3/q+2. The third kappa shape index (κ3) is 10.5. The molecule has 38 heavy (non-hydrogen) atoms. The van der Waals surface area contributed by atoms with Gasteiger partial charge in [0.1, 0.15) is 6.54 Å². The van der Waals surface area contributed by atoms with Crippen molar-refractivity contribution in [3.05, 3.63) is 94.6 Å². The molecule has 0 amide bonds. The number of aryl methyl sites for hydroxylation is 4. The number of benzene rings is 1. The Labute approximate surface area is 227 Å². The summed E-state index contributed by atoms with van der Waals surface area (Å²) >= 11 is 0. The lowest BCUT2D eigenvalue weighted by Crippen LogP contribution is -2.38. The van der Waals surface area contributed by atoms with Crippen LogP contribution in [0, 0.1) is 13.8 Å². The first-order valence-electron chi connectivity index (χ1n) is 12.6. The lowest BCUT2D eigenvalue weighted by Gasteiger charge is -2.07. The summed E-state index contributed by atoms with van der Waals surface area (Å²) in [6, 6.07) is 12.5. The fourth-order valence-corrected chi connectivity index (χ4v) is 4.92. The van der Waals surface area contributed by atoms with Crippen molar-refractivity contribution in [3.63, 3.8) is 0 Å². The molecule has 1 aromatic carbocycles. The van der Waals surface area contributed by atoms with Crippen molar-refractivity contribution >= 4 is 42.6 Å². The second-order valence-electron chi connectivity index (χ2n) is 9.33. The van der Waals surface area contributed by atoms with Gasteiger partial charge >= 0.3 is 18.3 Å². The predicted molar refractivity (Wildman–Crippen MR) is 150 cm³/mol. The molecule has 5 N–H and O–H groups in total. The third-order valence-corrected chi connectivity index (χ3v) is 7.61. The molecule has 0 spiro atoms. The van der Waals surface area contributed by atoms with Crippen LogP contribution in [0.3, 0.4) is 0 Å².